The number of hydrogen-bond acceptors (Lipinski definition) is 5. The molecule has 0 N–H and O–H groups in total. The summed E-state index contributed by atoms with van der Waals surface area (Å²) < 4.78 is 6.42. The normalized spacial score (nSPS) is 10.7. The van der Waals surface area contributed by atoms with Gasteiger partial charge >= 0.3 is 0 Å². The van der Waals surface area contributed by atoms with Gasteiger partial charge in [-0.2, -0.15) is 0 Å². The van der Waals surface area contributed by atoms with Gasteiger partial charge in [-0.05, 0) is 24.7 Å². The van der Waals surface area contributed by atoms with E-state index in [9.17, 15) is 14.9 Å². The van der Waals surface area contributed by atoms with Gasteiger partial charge in [-0.1, -0.05) is 12.1 Å². The molecule has 0 aliphatic heterocycles. The van der Waals surface area contributed by atoms with Gasteiger partial charge in [0.25, 0.3) is 11.2 Å². The molecule has 0 saturated carbocycles. The lowest BCUT2D eigenvalue weighted by atomic mass is 10.2. The lowest BCUT2D eigenvalue weighted by Crippen LogP contribution is -2.29. The average Bonchev–Trinajstić information content (AvgIpc) is 2.50. The largest absolute Gasteiger partial charge is 0.497 e. The fourth-order valence-corrected chi connectivity index (χ4v) is 2.09. The minimum atomic E-state index is -0.514. The Morgan fingerprint density at radius 2 is 1.91 bits per heavy atom. The molecule has 0 aliphatic rings. The molecule has 22 heavy (non-hydrogen) atoms. The van der Waals surface area contributed by atoms with E-state index >= 15 is 0 Å². The van der Waals surface area contributed by atoms with Gasteiger partial charge in [0.1, 0.15) is 5.75 Å². The number of nitro groups is 1. The van der Waals surface area contributed by atoms with Gasteiger partial charge in [0.2, 0.25) is 0 Å². The van der Waals surface area contributed by atoms with Crippen LogP contribution in [0.5, 0.6) is 5.75 Å². The summed E-state index contributed by atoms with van der Waals surface area (Å²) in [5.41, 5.74) is 0.686. The topological polar surface area (TPSA) is 77.6 Å². The summed E-state index contributed by atoms with van der Waals surface area (Å²) in [5, 5.41) is 10.8. The highest BCUT2D eigenvalue weighted by Crippen LogP contribution is 2.13. The molecule has 1 aromatic heterocycles. The van der Waals surface area contributed by atoms with Crippen LogP contribution < -0.4 is 10.3 Å². The molecule has 0 aliphatic carbocycles. The standard InChI is InChI=1S/C15H17N3O4/c1-16(9-12-3-6-14(22-2)7-4-12)11-17-10-13(18(20)21)5-8-15(17)19/h3-8,10H,9,11H2,1-2H3. The van der Waals surface area contributed by atoms with Crippen LogP contribution in [0.1, 0.15) is 5.56 Å². The van der Waals surface area contributed by atoms with E-state index in [0.29, 0.717) is 6.54 Å². The highest BCUT2D eigenvalue weighted by Gasteiger charge is 2.09. The zero-order valence-corrected chi connectivity index (χ0v) is 12.4. The molecule has 0 amide bonds. The molecule has 0 bridgehead atoms. The van der Waals surface area contributed by atoms with Crippen molar-refractivity contribution in [1.82, 2.24) is 9.47 Å². The van der Waals surface area contributed by atoms with E-state index in [-0.39, 0.29) is 17.9 Å². The number of benzene rings is 1. The number of nitrogens with zero attached hydrogens (tertiary/aromatic N) is 3. The number of aromatic nitrogens is 1. The van der Waals surface area contributed by atoms with Crippen LogP contribution in [0.25, 0.3) is 0 Å². The van der Waals surface area contributed by atoms with Crippen LogP contribution in [-0.4, -0.2) is 28.5 Å². The lowest BCUT2D eigenvalue weighted by molar-refractivity contribution is -0.385. The zero-order chi connectivity index (χ0) is 16.1. The monoisotopic (exact) mass is 303 g/mol. The number of pyridine rings is 1. The lowest BCUT2D eigenvalue weighted by Gasteiger charge is -2.18. The molecular formula is C15H17N3O4. The number of methoxy groups -OCH3 is 1. The fraction of sp³-hybridized carbons (Fsp3) is 0.267. The molecule has 0 radical (unpaired) electrons. The predicted octanol–water partition coefficient (Wildman–Crippen LogP) is 1.85. The van der Waals surface area contributed by atoms with E-state index in [1.807, 2.05) is 36.2 Å². The van der Waals surface area contributed by atoms with Gasteiger partial charge in [0, 0.05) is 18.7 Å². The van der Waals surface area contributed by atoms with Gasteiger partial charge in [-0.3, -0.25) is 24.4 Å². The zero-order valence-electron chi connectivity index (χ0n) is 12.4. The Balaban J connectivity index is 2.07. The molecule has 116 valence electrons. The molecule has 7 nitrogen and oxygen atoms in total. The van der Waals surface area contributed by atoms with Crippen molar-refractivity contribution in [2.24, 2.45) is 0 Å². The molecule has 1 aromatic carbocycles. The van der Waals surface area contributed by atoms with Crippen LogP contribution in [-0.2, 0) is 13.2 Å². The number of ether oxygens (including phenoxy) is 1. The summed E-state index contributed by atoms with van der Waals surface area (Å²) in [6.45, 7) is 0.881. The summed E-state index contributed by atoms with van der Waals surface area (Å²) in [4.78, 5) is 23.9. The molecule has 0 fully saturated rings. The second-order valence-corrected chi connectivity index (χ2v) is 4.96. The average molecular weight is 303 g/mol. The third-order valence-electron chi connectivity index (χ3n) is 3.18. The van der Waals surface area contributed by atoms with Crippen LogP contribution in [0.4, 0.5) is 5.69 Å². The second kappa shape index (κ2) is 6.86. The SMILES string of the molecule is COc1ccc(CN(C)Cn2cc([N+](=O)[O-])ccc2=O)cc1. The Bertz CT molecular complexity index is 709. The Labute approximate surface area is 127 Å². The molecule has 7 heteroatoms. The van der Waals surface area contributed by atoms with Crippen LogP contribution in [0, 0.1) is 10.1 Å². The Morgan fingerprint density at radius 1 is 1.23 bits per heavy atom. The van der Waals surface area contributed by atoms with Crippen molar-refractivity contribution in [3.63, 3.8) is 0 Å². The van der Waals surface area contributed by atoms with E-state index in [1.54, 1.807) is 7.11 Å². The van der Waals surface area contributed by atoms with Crippen molar-refractivity contribution in [2.75, 3.05) is 14.2 Å². The minimum absolute atomic E-state index is 0.0996. The maximum Gasteiger partial charge on any atom is 0.285 e. The summed E-state index contributed by atoms with van der Waals surface area (Å²) in [5.74, 6) is 0.779. The molecule has 0 spiro atoms. The molecule has 0 unspecified atom stereocenters. The van der Waals surface area contributed by atoms with E-state index in [1.165, 1.54) is 22.9 Å². The van der Waals surface area contributed by atoms with Crippen LogP contribution >= 0.6 is 0 Å². The maximum absolute atomic E-state index is 11.8. The van der Waals surface area contributed by atoms with Gasteiger partial charge in [0.05, 0.1) is 24.9 Å². The van der Waals surface area contributed by atoms with E-state index < -0.39 is 4.92 Å². The molecule has 1 heterocycles. The third-order valence-corrected chi connectivity index (χ3v) is 3.18. The van der Waals surface area contributed by atoms with E-state index in [0.717, 1.165) is 11.3 Å². The Hall–Kier alpha value is -2.67. The summed E-state index contributed by atoms with van der Waals surface area (Å²) in [6.07, 6.45) is 1.26. The predicted molar refractivity (Wildman–Crippen MR) is 81.8 cm³/mol. The second-order valence-electron chi connectivity index (χ2n) is 4.96. The van der Waals surface area contributed by atoms with E-state index in [4.69, 9.17) is 4.74 Å². The van der Waals surface area contributed by atoms with Gasteiger partial charge in [-0.25, -0.2) is 0 Å². The highest BCUT2D eigenvalue weighted by molar-refractivity contribution is 5.27. The summed E-state index contributed by atoms with van der Waals surface area (Å²) in [7, 11) is 3.45. The Morgan fingerprint density at radius 3 is 2.50 bits per heavy atom. The molecule has 0 atom stereocenters. The quantitative estimate of drug-likeness (QED) is 0.601. The van der Waals surface area contributed by atoms with Crippen molar-refractivity contribution in [2.45, 2.75) is 13.2 Å². The molecule has 2 rings (SSSR count). The number of rotatable bonds is 6. The van der Waals surface area contributed by atoms with Gasteiger partial charge in [-0.15, -0.1) is 0 Å². The van der Waals surface area contributed by atoms with Crippen LogP contribution in [0.15, 0.2) is 47.4 Å². The third kappa shape index (κ3) is 3.92. The maximum atomic E-state index is 11.8. The molecule has 2 aromatic rings. The van der Waals surface area contributed by atoms with Crippen molar-refractivity contribution < 1.29 is 9.66 Å². The molecule has 0 saturated heterocycles. The van der Waals surface area contributed by atoms with E-state index in [2.05, 4.69) is 0 Å². The number of hydrogen-bond donors (Lipinski definition) is 0. The van der Waals surface area contributed by atoms with Crippen LogP contribution in [0.3, 0.4) is 0 Å². The van der Waals surface area contributed by atoms with Crippen molar-refractivity contribution in [1.29, 1.82) is 0 Å². The summed E-state index contributed by atoms with van der Waals surface area (Å²) >= 11 is 0. The molecular weight excluding hydrogens is 286 g/mol. The van der Waals surface area contributed by atoms with Crippen molar-refractivity contribution in [3.8, 4) is 5.75 Å². The van der Waals surface area contributed by atoms with Gasteiger partial charge < -0.3 is 4.74 Å². The fourth-order valence-electron chi connectivity index (χ4n) is 2.09. The smallest absolute Gasteiger partial charge is 0.285 e. The highest BCUT2D eigenvalue weighted by atomic mass is 16.6. The first-order chi connectivity index (χ1) is 10.5. The Kier molecular flexibility index (Phi) is 4.90. The van der Waals surface area contributed by atoms with Crippen molar-refractivity contribution in [3.05, 3.63) is 68.6 Å². The van der Waals surface area contributed by atoms with Gasteiger partial charge in [0.15, 0.2) is 0 Å². The van der Waals surface area contributed by atoms with Crippen molar-refractivity contribution >= 4 is 5.69 Å². The first-order valence-electron chi connectivity index (χ1n) is 6.66. The summed E-state index contributed by atoms with van der Waals surface area (Å²) in [6, 6.07) is 10.0. The minimum Gasteiger partial charge on any atom is -0.497 e. The first-order valence-corrected chi connectivity index (χ1v) is 6.66. The first kappa shape index (κ1) is 15.7. The van der Waals surface area contributed by atoms with Crippen LogP contribution in [0.2, 0.25) is 0 Å².